The third-order valence-corrected chi connectivity index (χ3v) is 3.78. The van der Waals surface area contributed by atoms with Gasteiger partial charge in [-0.15, -0.1) is 0 Å². The maximum absolute atomic E-state index is 12.1. The average Bonchev–Trinajstić information content (AvgIpc) is 2.89. The van der Waals surface area contributed by atoms with Crippen molar-refractivity contribution in [1.29, 1.82) is 0 Å². The summed E-state index contributed by atoms with van der Waals surface area (Å²) in [5.74, 6) is -1.05. The number of carbonyl (C=O) groups is 1. The van der Waals surface area contributed by atoms with Crippen molar-refractivity contribution in [2.24, 2.45) is 0 Å². The van der Waals surface area contributed by atoms with Crippen LogP contribution in [0.25, 0.3) is 0 Å². The Balaban J connectivity index is 2.52. The van der Waals surface area contributed by atoms with Crippen LogP contribution in [0.1, 0.15) is 29.2 Å². The molecule has 6 heteroatoms. The van der Waals surface area contributed by atoms with Gasteiger partial charge < -0.3 is 14.8 Å². The fourth-order valence-corrected chi connectivity index (χ4v) is 2.84. The molecule has 106 valence electrons. The molecule has 0 aliphatic heterocycles. The van der Waals surface area contributed by atoms with Crippen molar-refractivity contribution in [3.8, 4) is 5.75 Å². The van der Waals surface area contributed by atoms with Crippen molar-refractivity contribution < 1.29 is 14.6 Å². The lowest BCUT2D eigenvalue weighted by Gasteiger charge is -2.16. The molecule has 0 radical (unpaired) electrons. The minimum atomic E-state index is -0.516. The fourth-order valence-electron chi connectivity index (χ4n) is 2.13. The molecule has 0 aliphatic rings. The molecule has 2 heterocycles. The zero-order valence-electron chi connectivity index (χ0n) is 11.2. The molecule has 2 aromatic heterocycles. The minimum Gasteiger partial charge on any atom is -0.507 e. The summed E-state index contributed by atoms with van der Waals surface area (Å²) in [6, 6.07) is 3.31. The largest absolute Gasteiger partial charge is 0.507 e. The zero-order chi connectivity index (χ0) is 14.7. The number of methoxy groups -OCH3 is 1. The highest BCUT2D eigenvalue weighted by Gasteiger charge is 2.25. The number of hydrogen-bond acceptors (Lipinski definition) is 5. The van der Waals surface area contributed by atoms with Gasteiger partial charge in [-0.05, 0) is 35.4 Å². The van der Waals surface area contributed by atoms with E-state index in [1.54, 1.807) is 6.92 Å². The normalized spacial score (nSPS) is 12.1. The fraction of sp³-hybridized carbons (Fsp3) is 0.286. The lowest BCUT2D eigenvalue weighted by Crippen LogP contribution is -2.20. The van der Waals surface area contributed by atoms with E-state index in [-0.39, 0.29) is 23.3 Å². The van der Waals surface area contributed by atoms with Gasteiger partial charge in [-0.1, -0.05) is 0 Å². The molecule has 0 bridgehead atoms. The first-order chi connectivity index (χ1) is 9.52. The summed E-state index contributed by atoms with van der Waals surface area (Å²) >= 11 is 1.47. The van der Waals surface area contributed by atoms with Gasteiger partial charge in [0.05, 0.1) is 19.1 Å². The van der Waals surface area contributed by atoms with Crippen LogP contribution in [0.4, 0.5) is 0 Å². The molecule has 0 saturated carbocycles. The summed E-state index contributed by atoms with van der Waals surface area (Å²) in [7, 11) is 1.30. The summed E-state index contributed by atoms with van der Waals surface area (Å²) in [6.45, 7) is 1.69. The van der Waals surface area contributed by atoms with Crippen LogP contribution in [0.2, 0.25) is 0 Å². The number of ether oxygens (including phenoxy) is 1. The maximum Gasteiger partial charge on any atom is 0.306 e. The molecule has 5 nitrogen and oxygen atoms in total. The molecule has 0 spiro atoms. The summed E-state index contributed by atoms with van der Waals surface area (Å²) in [6.07, 6.45) is 0.00688. The number of pyridine rings is 1. The van der Waals surface area contributed by atoms with Crippen LogP contribution in [0.3, 0.4) is 0 Å². The second-order valence-electron chi connectivity index (χ2n) is 4.47. The van der Waals surface area contributed by atoms with Crippen molar-refractivity contribution in [2.75, 3.05) is 7.11 Å². The molecule has 20 heavy (non-hydrogen) atoms. The highest BCUT2D eigenvalue weighted by Crippen LogP contribution is 2.32. The first-order valence-electron chi connectivity index (χ1n) is 6.04. The number of aryl methyl sites for hydroxylation is 1. The molecular formula is C14H15NO4S. The molecule has 0 unspecified atom stereocenters. The lowest BCUT2D eigenvalue weighted by atomic mass is 9.90. The topological polar surface area (TPSA) is 79.4 Å². The summed E-state index contributed by atoms with van der Waals surface area (Å²) < 4.78 is 4.67. The van der Waals surface area contributed by atoms with Gasteiger partial charge in [0.25, 0.3) is 5.56 Å². The SMILES string of the molecule is COC(=O)C[C@@H](c1ccsc1)c1c(O)cc(C)[nH]c1=O. The van der Waals surface area contributed by atoms with Gasteiger partial charge >= 0.3 is 5.97 Å². The standard InChI is InChI=1S/C14H15NO4S/c1-8-5-11(16)13(14(18)15-8)10(6-12(17)19-2)9-3-4-20-7-9/h3-5,7,10H,6H2,1-2H3,(H2,15,16,18)/t10-/m0/s1. The van der Waals surface area contributed by atoms with E-state index in [4.69, 9.17) is 0 Å². The second-order valence-corrected chi connectivity index (χ2v) is 5.25. The van der Waals surface area contributed by atoms with Gasteiger partial charge in [0.1, 0.15) is 5.75 Å². The van der Waals surface area contributed by atoms with Crippen LogP contribution >= 0.6 is 11.3 Å². The van der Waals surface area contributed by atoms with E-state index < -0.39 is 11.9 Å². The Morgan fingerprint density at radius 3 is 2.85 bits per heavy atom. The van der Waals surface area contributed by atoms with Gasteiger partial charge in [-0.3, -0.25) is 9.59 Å². The Morgan fingerprint density at radius 1 is 1.55 bits per heavy atom. The maximum atomic E-state index is 12.1. The second kappa shape index (κ2) is 5.92. The third-order valence-electron chi connectivity index (χ3n) is 3.08. The zero-order valence-corrected chi connectivity index (χ0v) is 12.0. The number of aromatic amines is 1. The van der Waals surface area contributed by atoms with Crippen LogP contribution in [-0.2, 0) is 9.53 Å². The molecule has 2 N–H and O–H groups in total. The Morgan fingerprint density at radius 2 is 2.30 bits per heavy atom. The van der Waals surface area contributed by atoms with Crippen molar-refractivity contribution in [1.82, 2.24) is 4.98 Å². The molecular weight excluding hydrogens is 278 g/mol. The minimum absolute atomic E-state index is 0.00688. The predicted molar refractivity (Wildman–Crippen MR) is 76.3 cm³/mol. The van der Waals surface area contributed by atoms with Crippen LogP contribution in [-0.4, -0.2) is 23.2 Å². The van der Waals surface area contributed by atoms with Crippen LogP contribution in [0, 0.1) is 6.92 Å². The van der Waals surface area contributed by atoms with E-state index in [0.29, 0.717) is 5.69 Å². The van der Waals surface area contributed by atoms with E-state index in [1.165, 1.54) is 24.5 Å². The van der Waals surface area contributed by atoms with Gasteiger partial charge in [0, 0.05) is 11.6 Å². The van der Waals surface area contributed by atoms with E-state index in [9.17, 15) is 14.7 Å². The van der Waals surface area contributed by atoms with Crippen molar-refractivity contribution >= 4 is 17.3 Å². The first kappa shape index (κ1) is 14.3. The summed E-state index contributed by atoms with van der Waals surface area (Å²) in [5.41, 5.74) is 1.19. The lowest BCUT2D eigenvalue weighted by molar-refractivity contribution is -0.140. The smallest absolute Gasteiger partial charge is 0.306 e. The Bertz CT molecular complexity index is 660. The number of carbonyl (C=O) groups excluding carboxylic acids is 1. The monoisotopic (exact) mass is 293 g/mol. The highest BCUT2D eigenvalue weighted by molar-refractivity contribution is 7.08. The molecule has 0 amide bonds. The van der Waals surface area contributed by atoms with Gasteiger partial charge in [-0.2, -0.15) is 11.3 Å². The molecule has 0 aromatic carbocycles. The molecule has 0 saturated heterocycles. The Labute approximate surface area is 119 Å². The molecule has 1 atom stereocenters. The number of esters is 1. The number of H-pyrrole nitrogens is 1. The molecule has 0 aliphatic carbocycles. The number of aromatic nitrogens is 1. The van der Waals surface area contributed by atoms with Crippen molar-refractivity contribution in [3.63, 3.8) is 0 Å². The van der Waals surface area contributed by atoms with Crippen molar-refractivity contribution in [3.05, 3.63) is 50.1 Å². The van der Waals surface area contributed by atoms with Gasteiger partial charge in [-0.25, -0.2) is 0 Å². The highest BCUT2D eigenvalue weighted by atomic mass is 32.1. The van der Waals surface area contributed by atoms with E-state index >= 15 is 0 Å². The Hall–Kier alpha value is -2.08. The van der Waals surface area contributed by atoms with E-state index in [1.807, 2.05) is 16.8 Å². The number of thiophene rings is 1. The van der Waals surface area contributed by atoms with Gasteiger partial charge in [0.2, 0.25) is 0 Å². The average molecular weight is 293 g/mol. The van der Waals surface area contributed by atoms with E-state index in [2.05, 4.69) is 9.72 Å². The first-order valence-corrected chi connectivity index (χ1v) is 6.99. The Kier molecular flexibility index (Phi) is 4.24. The van der Waals surface area contributed by atoms with Crippen LogP contribution in [0.5, 0.6) is 5.75 Å². The predicted octanol–water partition coefficient (Wildman–Crippen LogP) is 2.15. The van der Waals surface area contributed by atoms with Crippen LogP contribution in [0.15, 0.2) is 27.7 Å². The molecule has 2 rings (SSSR count). The number of hydrogen-bond donors (Lipinski definition) is 2. The summed E-state index contributed by atoms with van der Waals surface area (Å²) in [4.78, 5) is 26.3. The van der Waals surface area contributed by atoms with Crippen LogP contribution < -0.4 is 5.56 Å². The number of nitrogens with one attached hydrogen (secondary N) is 1. The third kappa shape index (κ3) is 2.91. The molecule has 0 fully saturated rings. The van der Waals surface area contributed by atoms with Crippen molar-refractivity contribution in [2.45, 2.75) is 19.3 Å². The summed E-state index contributed by atoms with van der Waals surface area (Å²) in [5, 5.41) is 13.8. The number of aromatic hydroxyl groups is 1. The molecule has 2 aromatic rings. The van der Waals surface area contributed by atoms with E-state index in [0.717, 1.165) is 5.56 Å². The number of rotatable bonds is 4. The van der Waals surface area contributed by atoms with Gasteiger partial charge in [0.15, 0.2) is 0 Å². The quantitative estimate of drug-likeness (QED) is 0.846.